The third-order valence-corrected chi connectivity index (χ3v) is 2.40. The number of carbonyl (C=O) groups is 1. The highest BCUT2D eigenvalue weighted by Crippen LogP contribution is 2.14. The normalized spacial score (nSPS) is 12.5. The lowest BCUT2D eigenvalue weighted by atomic mass is 10.2. The van der Waals surface area contributed by atoms with Gasteiger partial charge in [0.2, 0.25) is 5.91 Å². The van der Waals surface area contributed by atoms with Crippen molar-refractivity contribution in [2.75, 3.05) is 13.2 Å². The SMILES string of the molecule is CCC(C(=O)NCCO)n1cc(Br)cn1. The number of amides is 1. The zero-order valence-corrected chi connectivity index (χ0v) is 10.1. The monoisotopic (exact) mass is 275 g/mol. The first kappa shape index (κ1) is 12.2. The Hall–Kier alpha value is -0.880. The van der Waals surface area contributed by atoms with Gasteiger partial charge < -0.3 is 10.4 Å². The van der Waals surface area contributed by atoms with Crippen LogP contribution in [-0.4, -0.2) is 33.9 Å². The van der Waals surface area contributed by atoms with Gasteiger partial charge >= 0.3 is 0 Å². The van der Waals surface area contributed by atoms with Crippen molar-refractivity contribution in [2.24, 2.45) is 0 Å². The van der Waals surface area contributed by atoms with Crippen molar-refractivity contribution >= 4 is 21.8 Å². The molecule has 15 heavy (non-hydrogen) atoms. The molecule has 1 amide bonds. The van der Waals surface area contributed by atoms with Crippen LogP contribution in [0.5, 0.6) is 0 Å². The molecule has 1 atom stereocenters. The Kier molecular flexibility index (Phi) is 4.77. The van der Waals surface area contributed by atoms with Crippen molar-refractivity contribution in [3.8, 4) is 0 Å². The van der Waals surface area contributed by atoms with E-state index in [2.05, 4.69) is 26.3 Å². The molecule has 0 radical (unpaired) electrons. The van der Waals surface area contributed by atoms with Gasteiger partial charge in [-0.15, -0.1) is 0 Å². The number of rotatable bonds is 5. The van der Waals surface area contributed by atoms with E-state index in [1.54, 1.807) is 17.1 Å². The zero-order chi connectivity index (χ0) is 11.3. The van der Waals surface area contributed by atoms with Gasteiger partial charge in [-0.1, -0.05) is 6.92 Å². The zero-order valence-electron chi connectivity index (χ0n) is 8.48. The number of hydrogen-bond donors (Lipinski definition) is 2. The summed E-state index contributed by atoms with van der Waals surface area (Å²) in [6.45, 7) is 2.14. The second-order valence-electron chi connectivity index (χ2n) is 3.08. The maximum absolute atomic E-state index is 11.6. The number of nitrogens with one attached hydrogen (secondary N) is 1. The molecule has 0 saturated carbocycles. The second kappa shape index (κ2) is 5.87. The minimum atomic E-state index is -0.317. The van der Waals surface area contributed by atoms with E-state index in [9.17, 15) is 4.79 Å². The van der Waals surface area contributed by atoms with Crippen LogP contribution >= 0.6 is 15.9 Å². The molecule has 0 bridgehead atoms. The maximum Gasteiger partial charge on any atom is 0.244 e. The standard InChI is InChI=1S/C9H14BrN3O2/c1-2-8(9(15)11-3-4-14)13-6-7(10)5-12-13/h5-6,8,14H,2-4H2,1H3,(H,11,15). The number of nitrogens with zero attached hydrogens (tertiary/aromatic N) is 2. The smallest absolute Gasteiger partial charge is 0.244 e. The number of aliphatic hydroxyl groups is 1. The van der Waals surface area contributed by atoms with Gasteiger partial charge in [0, 0.05) is 12.7 Å². The van der Waals surface area contributed by atoms with E-state index >= 15 is 0 Å². The van der Waals surface area contributed by atoms with Gasteiger partial charge in [0.25, 0.3) is 0 Å². The first-order valence-corrected chi connectivity index (χ1v) is 5.56. The molecule has 2 N–H and O–H groups in total. The predicted molar refractivity (Wildman–Crippen MR) is 59.4 cm³/mol. The number of hydrogen-bond acceptors (Lipinski definition) is 3. The van der Waals surface area contributed by atoms with Gasteiger partial charge in [-0.25, -0.2) is 0 Å². The molecular weight excluding hydrogens is 262 g/mol. The summed E-state index contributed by atoms with van der Waals surface area (Å²) in [5.74, 6) is -0.123. The second-order valence-corrected chi connectivity index (χ2v) is 3.99. The average molecular weight is 276 g/mol. The lowest BCUT2D eigenvalue weighted by Gasteiger charge is -2.14. The van der Waals surface area contributed by atoms with Crippen LogP contribution in [0.1, 0.15) is 19.4 Å². The average Bonchev–Trinajstić information content (AvgIpc) is 2.63. The molecule has 1 unspecified atom stereocenters. The predicted octanol–water partition coefficient (Wildman–Crippen LogP) is 0.705. The van der Waals surface area contributed by atoms with Crippen molar-refractivity contribution in [3.05, 3.63) is 16.9 Å². The van der Waals surface area contributed by atoms with E-state index in [1.165, 1.54) is 0 Å². The fourth-order valence-electron chi connectivity index (χ4n) is 1.27. The summed E-state index contributed by atoms with van der Waals surface area (Å²) < 4.78 is 2.45. The fraction of sp³-hybridized carbons (Fsp3) is 0.556. The van der Waals surface area contributed by atoms with Crippen LogP contribution in [0.2, 0.25) is 0 Å². The number of aromatic nitrogens is 2. The largest absolute Gasteiger partial charge is 0.395 e. The van der Waals surface area contributed by atoms with Gasteiger partial charge in [0.1, 0.15) is 6.04 Å². The van der Waals surface area contributed by atoms with Crippen molar-refractivity contribution in [1.82, 2.24) is 15.1 Å². The van der Waals surface area contributed by atoms with Gasteiger partial charge in [0.05, 0.1) is 17.3 Å². The van der Waals surface area contributed by atoms with E-state index < -0.39 is 0 Å². The van der Waals surface area contributed by atoms with E-state index in [-0.39, 0.29) is 25.1 Å². The number of aliphatic hydroxyl groups excluding tert-OH is 1. The molecule has 6 heteroatoms. The quantitative estimate of drug-likeness (QED) is 0.832. The van der Waals surface area contributed by atoms with Gasteiger partial charge in [0.15, 0.2) is 0 Å². The molecule has 84 valence electrons. The van der Waals surface area contributed by atoms with Gasteiger partial charge in [-0.05, 0) is 22.4 Å². The van der Waals surface area contributed by atoms with Crippen molar-refractivity contribution in [1.29, 1.82) is 0 Å². The van der Waals surface area contributed by atoms with Crippen LogP contribution in [0.4, 0.5) is 0 Å². The number of halogens is 1. The van der Waals surface area contributed by atoms with Crippen LogP contribution in [0.15, 0.2) is 16.9 Å². The lowest BCUT2D eigenvalue weighted by molar-refractivity contribution is -0.124. The summed E-state index contributed by atoms with van der Waals surface area (Å²) in [6, 6.07) is -0.317. The van der Waals surface area contributed by atoms with Crippen LogP contribution < -0.4 is 5.32 Å². The molecule has 0 saturated heterocycles. The Balaban J connectivity index is 2.66. The van der Waals surface area contributed by atoms with Crippen LogP contribution in [-0.2, 0) is 4.79 Å². The Morgan fingerprint density at radius 2 is 2.53 bits per heavy atom. The third-order valence-electron chi connectivity index (χ3n) is 1.99. The molecule has 1 rings (SSSR count). The van der Waals surface area contributed by atoms with Crippen LogP contribution in [0.3, 0.4) is 0 Å². The Morgan fingerprint density at radius 1 is 1.80 bits per heavy atom. The summed E-state index contributed by atoms with van der Waals surface area (Å²) in [6.07, 6.45) is 4.06. The van der Waals surface area contributed by atoms with Gasteiger partial charge in [-0.3, -0.25) is 9.48 Å². The highest BCUT2D eigenvalue weighted by atomic mass is 79.9. The summed E-state index contributed by atoms with van der Waals surface area (Å²) in [7, 11) is 0. The molecule has 0 spiro atoms. The minimum absolute atomic E-state index is 0.0506. The van der Waals surface area contributed by atoms with Crippen molar-refractivity contribution in [2.45, 2.75) is 19.4 Å². The van der Waals surface area contributed by atoms with Crippen LogP contribution in [0.25, 0.3) is 0 Å². The molecule has 0 aromatic carbocycles. The number of carbonyl (C=O) groups excluding carboxylic acids is 1. The Bertz CT molecular complexity index is 327. The fourth-order valence-corrected chi connectivity index (χ4v) is 1.58. The summed E-state index contributed by atoms with van der Waals surface area (Å²) >= 11 is 3.28. The van der Waals surface area contributed by atoms with E-state index in [4.69, 9.17) is 5.11 Å². The Morgan fingerprint density at radius 3 is 3.00 bits per heavy atom. The van der Waals surface area contributed by atoms with Gasteiger partial charge in [-0.2, -0.15) is 5.10 Å². The molecule has 1 aromatic heterocycles. The molecule has 0 aliphatic heterocycles. The highest BCUT2D eigenvalue weighted by Gasteiger charge is 2.18. The molecule has 0 aliphatic rings. The first-order chi connectivity index (χ1) is 7.19. The van der Waals surface area contributed by atoms with E-state index in [1.807, 2.05) is 6.92 Å². The summed E-state index contributed by atoms with van der Waals surface area (Å²) in [5, 5.41) is 15.3. The van der Waals surface area contributed by atoms with E-state index in [0.29, 0.717) is 6.42 Å². The van der Waals surface area contributed by atoms with Crippen molar-refractivity contribution < 1.29 is 9.90 Å². The Labute approximate surface area is 96.6 Å². The lowest BCUT2D eigenvalue weighted by Crippen LogP contribution is -2.34. The topological polar surface area (TPSA) is 67.2 Å². The maximum atomic E-state index is 11.6. The third kappa shape index (κ3) is 3.32. The van der Waals surface area contributed by atoms with E-state index in [0.717, 1.165) is 4.47 Å². The molecule has 1 aromatic rings. The highest BCUT2D eigenvalue weighted by molar-refractivity contribution is 9.10. The first-order valence-electron chi connectivity index (χ1n) is 4.77. The molecule has 5 nitrogen and oxygen atoms in total. The molecule has 1 heterocycles. The van der Waals surface area contributed by atoms with Crippen molar-refractivity contribution in [3.63, 3.8) is 0 Å². The summed E-state index contributed by atoms with van der Waals surface area (Å²) in [4.78, 5) is 11.6. The minimum Gasteiger partial charge on any atom is -0.395 e. The molecule has 0 aliphatic carbocycles. The molecular formula is C9H14BrN3O2. The van der Waals surface area contributed by atoms with Crippen LogP contribution in [0, 0.1) is 0 Å². The molecule has 0 fully saturated rings. The summed E-state index contributed by atoms with van der Waals surface area (Å²) in [5.41, 5.74) is 0.